The molecular weight excluding hydrogens is 294 g/mol. The second-order valence-corrected chi connectivity index (χ2v) is 5.54. The Morgan fingerprint density at radius 2 is 1.30 bits per heavy atom. The van der Waals surface area contributed by atoms with E-state index in [9.17, 15) is 19.8 Å². The molecule has 0 amide bonds. The number of rotatable bonds is 5. The van der Waals surface area contributed by atoms with Crippen molar-refractivity contribution in [2.24, 2.45) is 0 Å². The molecule has 0 aliphatic carbocycles. The van der Waals surface area contributed by atoms with Crippen LogP contribution in [0.1, 0.15) is 18.1 Å². The molecule has 3 rings (SSSR count). The van der Waals surface area contributed by atoms with E-state index in [1.165, 1.54) is 0 Å². The largest absolute Gasteiger partial charge is 0.550 e. The van der Waals surface area contributed by atoms with Gasteiger partial charge in [0, 0.05) is 53.1 Å². The molecule has 1 heterocycles. The number of nitrogens with zero attached hydrogens (tertiary/aromatic N) is 1. The number of benzene rings is 2. The predicted octanol–water partition coefficient (Wildman–Crippen LogP) is 0.399. The SMILES string of the molecule is CCn1c2ccc(CC(=O)[O-])cc2c2cc(CC(=O)[O-])ccc21. The van der Waals surface area contributed by atoms with E-state index >= 15 is 0 Å². The van der Waals surface area contributed by atoms with Crippen molar-refractivity contribution >= 4 is 33.7 Å². The van der Waals surface area contributed by atoms with Gasteiger partial charge in [-0.1, -0.05) is 12.1 Å². The number of fused-ring (bicyclic) bond motifs is 3. The van der Waals surface area contributed by atoms with Crippen molar-refractivity contribution in [2.75, 3.05) is 0 Å². The van der Waals surface area contributed by atoms with Crippen molar-refractivity contribution in [1.29, 1.82) is 0 Å². The quantitative estimate of drug-likeness (QED) is 0.683. The summed E-state index contributed by atoms with van der Waals surface area (Å²) in [7, 11) is 0. The summed E-state index contributed by atoms with van der Waals surface area (Å²) in [4.78, 5) is 21.6. The van der Waals surface area contributed by atoms with Gasteiger partial charge in [-0.15, -0.1) is 0 Å². The van der Waals surface area contributed by atoms with Crippen LogP contribution in [0.5, 0.6) is 0 Å². The number of aryl methyl sites for hydroxylation is 1. The van der Waals surface area contributed by atoms with Crippen LogP contribution in [0.3, 0.4) is 0 Å². The lowest BCUT2D eigenvalue weighted by Crippen LogP contribution is -2.24. The monoisotopic (exact) mass is 309 g/mol. The minimum atomic E-state index is -1.12. The van der Waals surface area contributed by atoms with E-state index in [0.29, 0.717) is 11.1 Å². The number of carboxylic acid groups (broad SMARTS) is 2. The first-order chi connectivity index (χ1) is 11.0. The molecule has 0 saturated heterocycles. The summed E-state index contributed by atoms with van der Waals surface area (Å²) < 4.78 is 2.12. The molecule has 1 aromatic heterocycles. The molecule has 2 aromatic carbocycles. The van der Waals surface area contributed by atoms with Gasteiger partial charge in [-0.25, -0.2) is 0 Å². The molecule has 0 aliphatic heterocycles. The summed E-state index contributed by atoms with van der Waals surface area (Å²) in [5.41, 5.74) is 3.32. The zero-order chi connectivity index (χ0) is 16.6. The first-order valence-corrected chi connectivity index (χ1v) is 7.43. The van der Waals surface area contributed by atoms with Gasteiger partial charge < -0.3 is 24.4 Å². The number of carboxylic acids is 2. The average molecular weight is 309 g/mol. The Balaban J connectivity index is 2.25. The maximum Gasteiger partial charge on any atom is 0.0491 e. The van der Waals surface area contributed by atoms with Crippen molar-refractivity contribution in [2.45, 2.75) is 26.3 Å². The van der Waals surface area contributed by atoms with Gasteiger partial charge in [0.05, 0.1) is 0 Å². The highest BCUT2D eigenvalue weighted by molar-refractivity contribution is 6.08. The van der Waals surface area contributed by atoms with E-state index in [0.717, 1.165) is 28.4 Å². The van der Waals surface area contributed by atoms with Gasteiger partial charge in [0.2, 0.25) is 0 Å². The van der Waals surface area contributed by atoms with Crippen LogP contribution in [0.4, 0.5) is 0 Å². The normalized spacial score (nSPS) is 11.2. The van der Waals surface area contributed by atoms with E-state index in [1.54, 1.807) is 12.1 Å². The summed E-state index contributed by atoms with van der Waals surface area (Å²) in [5.74, 6) is -2.25. The zero-order valence-corrected chi connectivity index (χ0v) is 12.7. The van der Waals surface area contributed by atoms with Gasteiger partial charge in [0.1, 0.15) is 0 Å². The lowest BCUT2D eigenvalue weighted by atomic mass is 10.0. The van der Waals surface area contributed by atoms with E-state index in [4.69, 9.17) is 0 Å². The summed E-state index contributed by atoms with van der Waals surface area (Å²) in [6.07, 6.45) is -0.291. The third-order valence-electron chi connectivity index (χ3n) is 4.01. The highest BCUT2D eigenvalue weighted by Gasteiger charge is 2.11. The summed E-state index contributed by atoms with van der Waals surface area (Å²) in [5, 5.41) is 23.5. The third kappa shape index (κ3) is 2.77. The molecule has 0 atom stereocenters. The Bertz CT molecular complexity index is 850. The third-order valence-corrected chi connectivity index (χ3v) is 4.01. The Labute approximate surface area is 132 Å². The molecular formula is C18H15NO4-2. The van der Waals surface area contributed by atoms with Crippen LogP contribution >= 0.6 is 0 Å². The van der Waals surface area contributed by atoms with Crippen LogP contribution in [-0.4, -0.2) is 16.5 Å². The molecule has 0 N–H and O–H groups in total. The highest BCUT2D eigenvalue weighted by Crippen LogP contribution is 2.30. The highest BCUT2D eigenvalue weighted by atomic mass is 16.4. The molecule has 118 valence electrons. The van der Waals surface area contributed by atoms with Gasteiger partial charge in [0.15, 0.2) is 0 Å². The maximum absolute atomic E-state index is 10.8. The average Bonchev–Trinajstić information content (AvgIpc) is 2.78. The van der Waals surface area contributed by atoms with Crippen LogP contribution in [0.15, 0.2) is 36.4 Å². The van der Waals surface area contributed by atoms with Crippen molar-refractivity contribution in [1.82, 2.24) is 4.57 Å². The molecule has 23 heavy (non-hydrogen) atoms. The smallest absolute Gasteiger partial charge is 0.0491 e. The fourth-order valence-corrected chi connectivity index (χ4v) is 3.09. The number of hydrogen-bond acceptors (Lipinski definition) is 4. The Morgan fingerprint density at radius 1 is 0.870 bits per heavy atom. The number of aliphatic carboxylic acids is 2. The van der Waals surface area contributed by atoms with E-state index in [2.05, 4.69) is 4.57 Å². The molecule has 0 spiro atoms. The van der Waals surface area contributed by atoms with Crippen LogP contribution in [0, 0.1) is 0 Å². The summed E-state index contributed by atoms with van der Waals surface area (Å²) in [6.45, 7) is 2.79. The lowest BCUT2D eigenvalue weighted by Gasteiger charge is -2.05. The second-order valence-electron chi connectivity index (χ2n) is 5.54. The number of carbonyl (C=O) groups is 2. The fraction of sp³-hybridized carbons (Fsp3) is 0.222. The molecule has 5 nitrogen and oxygen atoms in total. The summed E-state index contributed by atoms with van der Waals surface area (Å²) in [6, 6.07) is 11.0. The number of hydrogen-bond donors (Lipinski definition) is 0. The van der Waals surface area contributed by atoms with Crippen LogP contribution in [0.25, 0.3) is 21.8 Å². The molecule has 5 heteroatoms. The Hall–Kier alpha value is -2.82. The van der Waals surface area contributed by atoms with Crippen LogP contribution in [-0.2, 0) is 29.0 Å². The van der Waals surface area contributed by atoms with Crippen molar-refractivity contribution in [3.05, 3.63) is 47.5 Å². The van der Waals surface area contributed by atoms with Gasteiger partial charge in [-0.3, -0.25) is 0 Å². The molecule has 0 aliphatic rings. The van der Waals surface area contributed by atoms with Crippen molar-refractivity contribution < 1.29 is 19.8 Å². The standard InChI is InChI=1S/C18H17NO4/c1-2-19-15-5-3-11(9-17(20)21)7-13(15)14-8-12(10-18(22)23)4-6-16(14)19/h3-8H,2,9-10H2,1H3,(H,20,21)(H,22,23)/p-2. The molecule has 0 bridgehead atoms. The van der Waals surface area contributed by atoms with Gasteiger partial charge in [-0.2, -0.15) is 0 Å². The fourth-order valence-electron chi connectivity index (χ4n) is 3.09. The van der Waals surface area contributed by atoms with Crippen LogP contribution < -0.4 is 10.2 Å². The van der Waals surface area contributed by atoms with Crippen molar-refractivity contribution in [3.63, 3.8) is 0 Å². The number of carbonyl (C=O) groups excluding carboxylic acids is 2. The minimum absolute atomic E-state index is 0.145. The second kappa shape index (κ2) is 5.76. The van der Waals surface area contributed by atoms with Gasteiger partial charge in [-0.05, 0) is 42.3 Å². The lowest BCUT2D eigenvalue weighted by molar-refractivity contribution is -0.306. The number of aromatic nitrogens is 1. The molecule has 3 aromatic rings. The van der Waals surface area contributed by atoms with Gasteiger partial charge >= 0.3 is 0 Å². The van der Waals surface area contributed by atoms with E-state index in [-0.39, 0.29) is 12.8 Å². The molecule has 0 saturated carbocycles. The first kappa shape index (κ1) is 15.1. The molecule has 0 radical (unpaired) electrons. The zero-order valence-electron chi connectivity index (χ0n) is 12.7. The molecule has 0 unspecified atom stereocenters. The summed E-state index contributed by atoms with van der Waals surface area (Å²) >= 11 is 0. The Morgan fingerprint density at radius 3 is 1.65 bits per heavy atom. The minimum Gasteiger partial charge on any atom is -0.550 e. The van der Waals surface area contributed by atoms with Crippen LogP contribution in [0.2, 0.25) is 0 Å². The van der Waals surface area contributed by atoms with E-state index < -0.39 is 11.9 Å². The topological polar surface area (TPSA) is 85.2 Å². The van der Waals surface area contributed by atoms with E-state index in [1.807, 2.05) is 31.2 Å². The first-order valence-electron chi connectivity index (χ1n) is 7.43. The maximum atomic E-state index is 10.8. The van der Waals surface area contributed by atoms with Gasteiger partial charge in [0.25, 0.3) is 0 Å². The molecule has 0 fully saturated rings. The Kier molecular flexibility index (Phi) is 3.78. The predicted molar refractivity (Wildman–Crippen MR) is 82.5 cm³/mol. The van der Waals surface area contributed by atoms with Crippen molar-refractivity contribution in [3.8, 4) is 0 Å².